The van der Waals surface area contributed by atoms with Gasteiger partial charge in [-0.3, -0.25) is 14.9 Å². The lowest BCUT2D eigenvalue weighted by Crippen LogP contribution is -2.29. The minimum absolute atomic E-state index is 0.0941. The molecule has 8 heteroatoms. The van der Waals surface area contributed by atoms with E-state index in [9.17, 15) is 23.7 Å². The third-order valence-corrected chi connectivity index (χ3v) is 1.91. The van der Waals surface area contributed by atoms with Gasteiger partial charge in [-0.25, -0.2) is 4.39 Å². The highest BCUT2D eigenvalue weighted by Gasteiger charge is 2.21. The molecule has 1 aromatic carbocycles. The molecule has 1 aromatic rings. The second-order valence-corrected chi connectivity index (χ2v) is 3.09. The molecule has 0 atom stereocenters. The predicted molar refractivity (Wildman–Crippen MR) is 54.4 cm³/mol. The van der Waals surface area contributed by atoms with Gasteiger partial charge in [0.05, 0.1) is 16.6 Å². The Morgan fingerprint density at radius 3 is 2.59 bits per heavy atom. The number of carbonyl (C=O) groups is 1. The number of nitrogens with zero attached hydrogens (tertiary/aromatic N) is 1. The van der Waals surface area contributed by atoms with Crippen molar-refractivity contribution in [1.29, 1.82) is 0 Å². The summed E-state index contributed by atoms with van der Waals surface area (Å²) in [4.78, 5) is 20.6. The summed E-state index contributed by atoms with van der Waals surface area (Å²) >= 11 is 0. The van der Waals surface area contributed by atoms with Crippen molar-refractivity contribution in [2.45, 2.75) is 0 Å². The average molecular weight is 245 g/mol. The average Bonchev–Trinajstić information content (AvgIpc) is 2.28. The van der Waals surface area contributed by atoms with E-state index >= 15 is 0 Å². The number of nitrogens with two attached hydrogens (primary N) is 1. The third kappa shape index (κ3) is 2.94. The molecule has 92 valence electrons. The molecule has 6 nitrogen and oxygen atoms in total. The molecule has 0 heterocycles. The number of nitrogens with one attached hydrogen (secondary N) is 1. The van der Waals surface area contributed by atoms with Crippen molar-refractivity contribution in [3.05, 3.63) is 39.4 Å². The smallest absolute Gasteiger partial charge is 0.307 e. The Bertz CT molecular complexity index is 465. The van der Waals surface area contributed by atoms with E-state index in [1.165, 1.54) is 0 Å². The maximum Gasteiger partial charge on any atom is 0.307 e. The third-order valence-electron chi connectivity index (χ3n) is 1.91. The van der Waals surface area contributed by atoms with Crippen molar-refractivity contribution < 1.29 is 18.5 Å². The van der Waals surface area contributed by atoms with Crippen LogP contribution in [-0.4, -0.2) is 23.9 Å². The first-order valence-corrected chi connectivity index (χ1v) is 4.59. The van der Waals surface area contributed by atoms with Gasteiger partial charge in [-0.1, -0.05) is 0 Å². The van der Waals surface area contributed by atoms with Crippen LogP contribution in [0.4, 0.5) is 14.5 Å². The second kappa shape index (κ2) is 5.30. The van der Waals surface area contributed by atoms with E-state index in [0.29, 0.717) is 12.1 Å². The van der Waals surface area contributed by atoms with E-state index in [-0.39, 0.29) is 13.1 Å². The summed E-state index contributed by atoms with van der Waals surface area (Å²) in [6, 6.07) is 0.853. The van der Waals surface area contributed by atoms with Crippen molar-refractivity contribution in [2.75, 3.05) is 13.1 Å². The van der Waals surface area contributed by atoms with Crippen LogP contribution < -0.4 is 11.1 Å². The lowest BCUT2D eigenvalue weighted by atomic mass is 10.1. The van der Waals surface area contributed by atoms with Gasteiger partial charge in [0.25, 0.3) is 5.91 Å². The van der Waals surface area contributed by atoms with Gasteiger partial charge in [-0.05, 0) is 6.07 Å². The SMILES string of the molecule is NCCNC(=O)c1cc(F)c([N+](=O)[O-])cc1F. The number of hydrogen-bond acceptors (Lipinski definition) is 4. The van der Waals surface area contributed by atoms with Crippen LogP contribution in [0.2, 0.25) is 0 Å². The van der Waals surface area contributed by atoms with Gasteiger partial charge in [-0.15, -0.1) is 0 Å². The zero-order valence-corrected chi connectivity index (χ0v) is 8.57. The highest BCUT2D eigenvalue weighted by Crippen LogP contribution is 2.21. The summed E-state index contributed by atoms with van der Waals surface area (Å²) in [6.45, 7) is 0.236. The molecule has 0 bridgehead atoms. The molecular weight excluding hydrogens is 236 g/mol. The number of benzene rings is 1. The van der Waals surface area contributed by atoms with Crippen molar-refractivity contribution in [1.82, 2.24) is 5.32 Å². The fourth-order valence-corrected chi connectivity index (χ4v) is 1.13. The number of nitro benzene ring substituents is 1. The Balaban J connectivity index is 3.07. The van der Waals surface area contributed by atoms with Crippen LogP contribution in [0.3, 0.4) is 0 Å². The molecule has 0 spiro atoms. The number of nitro groups is 1. The molecule has 0 aliphatic carbocycles. The number of carbonyl (C=O) groups excluding carboxylic acids is 1. The van der Waals surface area contributed by atoms with Gasteiger partial charge in [0.1, 0.15) is 5.82 Å². The molecule has 17 heavy (non-hydrogen) atoms. The second-order valence-electron chi connectivity index (χ2n) is 3.09. The van der Waals surface area contributed by atoms with Crippen LogP contribution in [0.1, 0.15) is 10.4 Å². The van der Waals surface area contributed by atoms with Crippen LogP contribution in [-0.2, 0) is 0 Å². The minimum Gasteiger partial charge on any atom is -0.351 e. The quantitative estimate of drug-likeness (QED) is 0.598. The normalized spacial score (nSPS) is 10.1. The molecule has 0 unspecified atom stereocenters. The number of rotatable bonds is 4. The number of halogens is 2. The van der Waals surface area contributed by atoms with Gasteiger partial charge in [0.15, 0.2) is 0 Å². The molecule has 0 radical (unpaired) electrons. The lowest BCUT2D eigenvalue weighted by molar-refractivity contribution is -0.387. The van der Waals surface area contributed by atoms with E-state index in [4.69, 9.17) is 5.73 Å². The Kier molecular flexibility index (Phi) is 4.05. The summed E-state index contributed by atoms with van der Waals surface area (Å²) in [7, 11) is 0. The van der Waals surface area contributed by atoms with Crippen molar-refractivity contribution >= 4 is 11.6 Å². The van der Waals surface area contributed by atoms with Crippen LogP contribution in [0.5, 0.6) is 0 Å². The Hall–Kier alpha value is -2.09. The maximum atomic E-state index is 13.3. The minimum atomic E-state index is -1.27. The Morgan fingerprint density at radius 2 is 2.06 bits per heavy atom. The first-order valence-electron chi connectivity index (χ1n) is 4.59. The number of amides is 1. The van der Waals surface area contributed by atoms with Gasteiger partial charge in [-0.2, -0.15) is 4.39 Å². The summed E-state index contributed by atoms with van der Waals surface area (Å²) in [5.74, 6) is -3.30. The van der Waals surface area contributed by atoms with E-state index in [1.807, 2.05) is 0 Å². The van der Waals surface area contributed by atoms with Gasteiger partial charge >= 0.3 is 5.69 Å². The van der Waals surface area contributed by atoms with E-state index in [0.717, 1.165) is 0 Å². The van der Waals surface area contributed by atoms with Crippen LogP contribution in [0.15, 0.2) is 12.1 Å². The molecule has 0 aromatic heterocycles. The van der Waals surface area contributed by atoms with Crippen LogP contribution in [0, 0.1) is 21.7 Å². The van der Waals surface area contributed by atoms with Crippen LogP contribution in [0.25, 0.3) is 0 Å². The lowest BCUT2D eigenvalue weighted by Gasteiger charge is -2.04. The fourth-order valence-electron chi connectivity index (χ4n) is 1.13. The molecule has 1 rings (SSSR count). The summed E-state index contributed by atoms with van der Waals surface area (Å²) in [6.07, 6.45) is 0. The van der Waals surface area contributed by atoms with Gasteiger partial charge in [0, 0.05) is 13.1 Å². The van der Waals surface area contributed by atoms with Crippen molar-refractivity contribution in [3.63, 3.8) is 0 Å². The monoisotopic (exact) mass is 245 g/mol. The highest BCUT2D eigenvalue weighted by atomic mass is 19.1. The van der Waals surface area contributed by atoms with E-state index in [2.05, 4.69) is 5.32 Å². The molecular formula is C9H9F2N3O3. The van der Waals surface area contributed by atoms with Crippen molar-refractivity contribution in [2.24, 2.45) is 5.73 Å². The Morgan fingerprint density at radius 1 is 1.41 bits per heavy atom. The molecule has 0 aliphatic heterocycles. The predicted octanol–water partition coefficient (Wildman–Crippen LogP) is 0.562. The molecule has 1 amide bonds. The van der Waals surface area contributed by atoms with Gasteiger partial charge in [0.2, 0.25) is 5.82 Å². The zero-order chi connectivity index (χ0) is 13.0. The first-order chi connectivity index (χ1) is 7.97. The van der Waals surface area contributed by atoms with Crippen molar-refractivity contribution in [3.8, 4) is 0 Å². The first kappa shape index (κ1) is 13.0. The zero-order valence-electron chi connectivity index (χ0n) is 8.57. The molecule has 0 saturated heterocycles. The molecule has 0 aliphatic rings. The van der Waals surface area contributed by atoms with E-state index < -0.39 is 33.7 Å². The largest absolute Gasteiger partial charge is 0.351 e. The highest BCUT2D eigenvalue weighted by molar-refractivity contribution is 5.94. The molecule has 0 fully saturated rings. The van der Waals surface area contributed by atoms with Crippen LogP contribution >= 0.6 is 0 Å². The molecule has 3 N–H and O–H groups in total. The topological polar surface area (TPSA) is 98.3 Å². The molecule has 0 saturated carbocycles. The number of hydrogen-bond donors (Lipinski definition) is 2. The summed E-state index contributed by atoms with van der Waals surface area (Å²) < 4.78 is 26.5. The van der Waals surface area contributed by atoms with E-state index in [1.54, 1.807) is 0 Å². The fraction of sp³-hybridized carbons (Fsp3) is 0.222. The Labute approximate surface area is 94.6 Å². The maximum absolute atomic E-state index is 13.3. The standard InChI is InChI=1S/C9H9F2N3O3/c10-6-4-8(14(16)17)7(11)3-5(6)9(15)13-2-1-12/h3-4H,1-2,12H2,(H,13,15). The van der Waals surface area contributed by atoms with Gasteiger partial charge < -0.3 is 11.1 Å². The summed E-state index contributed by atoms with van der Waals surface area (Å²) in [5, 5.41) is 12.5. The summed E-state index contributed by atoms with van der Waals surface area (Å²) in [5.41, 5.74) is 3.50.